The van der Waals surface area contributed by atoms with E-state index in [1.807, 2.05) is 0 Å². The molecular formula is C8H15NO2. The van der Waals surface area contributed by atoms with Crippen molar-refractivity contribution in [3.63, 3.8) is 0 Å². The van der Waals surface area contributed by atoms with Gasteiger partial charge in [0.25, 0.3) is 0 Å². The van der Waals surface area contributed by atoms with Crippen molar-refractivity contribution in [3.8, 4) is 0 Å². The average molecular weight is 157 g/mol. The van der Waals surface area contributed by atoms with Crippen molar-refractivity contribution in [2.24, 2.45) is 0 Å². The number of hydrogen-bond acceptors (Lipinski definition) is 3. The Morgan fingerprint density at radius 1 is 1.45 bits per heavy atom. The molecule has 3 nitrogen and oxygen atoms in total. The molecule has 0 aliphatic carbocycles. The maximum absolute atomic E-state index is 5.30. The summed E-state index contributed by atoms with van der Waals surface area (Å²) in [5, 5.41) is 0. The molecule has 2 fully saturated rings. The summed E-state index contributed by atoms with van der Waals surface area (Å²) in [5.41, 5.74) is 0. The molecule has 2 saturated heterocycles. The van der Waals surface area contributed by atoms with E-state index in [1.165, 1.54) is 6.42 Å². The molecule has 2 aliphatic heterocycles. The lowest BCUT2D eigenvalue weighted by molar-refractivity contribution is 0.154. The Labute approximate surface area is 67.3 Å². The zero-order valence-electron chi connectivity index (χ0n) is 6.95. The first-order valence-electron chi connectivity index (χ1n) is 4.26. The fourth-order valence-electron chi connectivity index (χ4n) is 1.51. The summed E-state index contributed by atoms with van der Waals surface area (Å²) in [5.74, 6) is 0. The van der Waals surface area contributed by atoms with Gasteiger partial charge in [0.05, 0.1) is 19.3 Å². The van der Waals surface area contributed by atoms with Crippen LogP contribution in [0.5, 0.6) is 0 Å². The molecule has 0 aromatic carbocycles. The monoisotopic (exact) mass is 157 g/mol. The Bertz CT molecular complexity index is 130. The normalized spacial score (nSPS) is 36.5. The second-order valence-electron chi connectivity index (χ2n) is 3.41. The van der Waals surface area contributed by atoms with Gasteiger partial charge in [-0.25, -0.2) is 0 Å². The van der Waals surface area contributed by atoms with Gasteiger partial charge in [-0.2, -0.15) is 0 Å². The SMILES string of the molecule is CN(C[C@@H]1CO1)C1CCOC1. The first-order valence-corrected chi connectivity index (χ1v) is 4.26. The topological polar surface area (TPSA) is 25.0 Å². The molecule has 0 spiro atoms. The maximum atomic E-state index is 5.30. The molecule has 2 heterocycles. The third-order valence-electron chi connectivity index (χ3n) is 2.42. The highest BCUT2D eigenvalue weighted by molar-refractivity contribution is 4.79. The van der Waals surface area contributed by atoms with Gasteiger partial charge in [-0.1, -0.05) is 0 Å². The van der Waals surface area contributed by atoms with Crippen LogP contribution < -0.4 is 0 Å². The second-order valence-corrected chi connectivity index (χ2v) is 3.41. The van der Waals surface area contributed by atoms with Crippen LogP contribution in [0.1, 0.15) is 6.42 Å². The molecule has 1 unspecified atom stereocenters. The van der Waals surface area contributed by atoms with Gasteiger partial charge in [-0.05, 0) is 13.5 Å². The van der Waals surface area contributed by atoms with E-state index in [0.29, 0.717) is 12.1 Å². The summed E-state index contributed by atoms with van der Waals surface area (Å²) in [6.45, 7) is 3.87. The predicted molar refractivity (Wildman–Crippen MR) is 41.6 cm³/mol. The molecule has 0 aromatic rings. The van der Waals surface area contributed by atoms with Crippen molar-refractivity contribution in [1.82, 2.24) is 4.90 Å². The van der Waals surface area contributed by atoms with Crippen LogP contribution in [0.15, 0.2) is 0 Å². The molecule has 0 bridgehead atoms. The lowest BCUT2D eigenvalue weighted by atomic mass is 10.2. The number of epoxide rings is 1. The highest BCUT2D eigenvalue weighted by Crippen LogP contribution is 2.15. The second kappa shape index (κ2) is 3.09. The minimum Gasteiger partial charge on any atom is -0.380 e. The van der Waals surface area contributed by atoms with Crippen molar-refractivity contribution in [2.45, 2.75) is 18.6 Å². The Kier molecular flexibility index (Phi) is 2.11. The zero-order chi connectivity index (χ0) is 7.68. The summed E-state index contributed by atoms with van der Waals surface area (Å²) < 4.78 is 10.5. The van der Waals surface area contributed by atoms with Gasteiger partial charge in [-0.15, -0.1) is 0 Å². The third kappa shape index (κ3) is 1.92. The Hall–Kier alpha value is -0.120. The molecule has 11 heavy (non-hydrogen) atoms. The number of likely N-dealkylation sites (N-methyl/N-ethyl adjacent to an activating group) is 1. The van der Waals surface area contributed by atoms with Crippen LogP contribution in [-0.4, -0.2) is 50.5 Å². The Morgan fingerprint density at radius 2 is 2.27 bits per heavy atom. The van der Waals surface area contributed by atoms with E-state index in [1.54, 1.807) is 0 Å². The van der Waals surface area contributed by atoms with Crippen LogP contribution in [-0.2, 0) is 9.47 Å². The van der Waals surface area contributed by atoms with Crippen molar-refractivity contribution < 1.29 is 9.47 Å². The summed E-state index contributed by atoms with van der Waals surface area (Å²) in [6, 6.07) is 0.638. The van der Waals surface area contributed by atoms with Crippen molar-refractivity contribution in [1.29, 1.82) is 0 Å². The predicted octanol–water partition coefficient (Wildman–Crippen LogP) is 0.106. The summed E-state index contributed by atoms with van der Waals surface area (Å²) in [6.07, 6.45) is 1.70. The Balaban J connectivity index is 1.73. The smallest absolute Gasteiger partial charge is 0.0936 e. The van der Waals surface area contributed by atoms with E-state index in [-0.39, 0.29) is 0 Å². The van der Waals surface area contributed by atoms with Gasteiger partial charge in [-0.3, -0.25) is 4.90 Å². The lowest BCUT2D eigenvalue weighted by Gasteiger charge is -2.21. The molecule has 0 radical (unpaired) electrons. The number of nitrogens with zero attached hydrogens (tertiary/aromatic N) is 1. The molecule has 0 saturated carbocycles. The quantitative estimate of drug-likeness (QED) is 0.543. The third-order valence-corrected chi connectivity index (χ3v) is 2.42. The number of rotatable bonds is 3. The molecule has 2 atom stereocenters. The molecule has 0 aromatic heterocycles. The van der Waals surface area contributed by atoms with E-state index in [4.69, 9.17) is 9.47 Å². The number of hydrogen-bond donors (Lipinski definition) is 0. The van der Waals surface area contributed by atoms with E-state index in [2.05, 4.69) is 11.9 Å². The van der Waals surface area contributed by atoms with E-state index < -0.39 is 0 Å². The number of ether oxygens (including phenoxy) is 2. The van der Waals surface area contributed by atoms with Gasteiger partial charge in [0.1, 0.15) is 0 Å². The maximum Gasteiger partial charge on any atom is 0.0936 e. The van der Waals surface area contributed by atoms with Gasteiger partial charge in [0, 0.05) is 19.2 Å². The first-order chi connectivity index (χ1) is 5.36. The Morgan fingerprint density at radius 3 is 2.82 bits per heavy atom. The van der Waals surface area contributed by atoms with Gasteiger partial charge in [0.15, 0.2) is 0 Å². The van der Waals surface area contributed by atoms with Crippen molar-refractivity contribution in [3.05, 3.63) is 0 Å². The van der Waals surface area contributed by atoms with Gasteiger partial charge in [0.2, 0.25) is 0 Å². The van der Waals surface area contributed by atoms with Crippen molar-refractivity contribution in [2.75, 3.05) is 33.4 Å². The summed E-state index contributed by atoms with van der Waals surface area (Å²) in [7, 11) is 2.15. The minimum atomic E-state index is 0.514. The minimum absolute atomic E-state index is 0.514. The van der Waals surface area contributed by atoms with E-state index in [0.717, 1.165) is 26.4 Å². The van der Waals surface area contributed by atoms with Gasteiger partial charge >= 0.3 is 0 Å². The summed E-state index contributed by atoms with van der Waals surface area (Å²) >= 11 is 0. The van der Waals surface area contributed by atoms with Gasteiger partial charge < -0.3 is 9.47 Å². The highest BCUT2D eigenvalue weighted by atomic mass is 16.6. The molecule has 2 aliphatic rings. The van der Waals surface area contributed by atoms with Crippen LogP contribution >= 0.6 is 0 Å². The average Bonchev–Trinajstić information content (AvgIpc) is 2.67. The van der Waals surface area contributed by atoms with E-state index >= 15 is 0 Å². The molecule has 2 rings (SSSR count). The first kappa shape index (κ1) is 7.53. The van der Waals surface area contributed by atoms with E-state index in [9.17, 15) is 0 Å². The van der Waals surface area contributed by atoms with Crippen LogP contribution in [0, 0.1) is 0 Å². The zero-order valence-corrected chi connectivity index (χ0v) is 6.95. The molecular weight excluding hydrogens is 142 g/mol. The highest BCUT2D eigenvalue weighted by Gasteiger charge is 2.28. The molecule has 3 heteroatoms. The fourth-order valence-corrected chi connectivity index (χ4v) is 1.51. The summed E-state index contributed by atoms with van der Waals surface area (Å²) in [4.78, 5) is 2.35. The largest absolute Gasteiger partial charge is 0.380 e. The molecule has 0 N–H and O–H groups in total. The lowest BCUT2D eigenvalue weighted by Crippen LogP contribution is -2.34. The fraction of sp³-hybridized carbons (Fsp3) is 1.00. The molecule has 64 valence electrons. The van der Waals surface area contributed by atoms with Crippen LogP contribution in [0.4, 0.5) is 0 Å². The van der Waals surface area contributed by atoms with Crippen LogP contribution in [0.2, 0.25) is 0 Å². The molecule has 0 amide bonds. The van der Waals surface area contributed by atoms with Crippen LogP contribution in [0.3, 0.4) is 0 Å². The standard InChI is InChI=1S/C8H15NO2/c1-9(4-8-6-11-8)7-2-3-10-5-7/h7-8H,2-6H2,1H3/t7?,8-/m1/s1. The van der Waals surface area contributed by atoms with Crippen molar-refractivity contribution >= 4 is 0 Å². The van der Waals surface area contributed by atoms with Crippen LogP contribution in [0.25, 0.3) is 0 Å².